The number of hydrogen-bond acceptors (Lipinski definition) is 4. The fraction of sp³-hybridized carbons (Fsp3) is 0.545. The maximum absolute atomic E-state index is 5.37. The van der Waals surface area contributed by atoms with E-state index in [2.05, 4.69) is 32.6 Å². The zero-order valence-corrected chi connectivity index (χ0v) is 10.9. The van der Waals surface area contributed by atoms with Crippen LogP contribution < -0.4 is 16.6 Å². The fourth-order valence-corrected chi connectivity index (χ4v) is 2.02. The third kappa shape index (κ3) is 6.25. The molecule has 0 fully saturated rings. The maximum atomic E-state index is 5.37. The van der Waals surface area contributed by atoms with Gasteiger partial charge in [0, 0.05) is 26.8 Å². The van der Waals surface area contributed by atoms with E-state index in [4.69, 9.17) is 10.6 Å². The average molecular weight is 256 g/mol. The van der Waals surface area contributed by atoms with Gasteiger partial charge in [0.2, 0.25) is 5.96 Å². The Bertz CT molecular complexity index is 313. The zero-order chi connectivity index (χ0) is 12.3. The second-order valence-corrected chi connectivity index (χ2v) is 4.31. The second kappa shape index (κ2) is 8.98. The lowest BCUT2D eigenvalue weighted by molar-refractivity contribution is 0.197. The van der Waals surface area contributed by atoms with Gasteiger partial charge < -0.3 is 10.1 Å². The van der Waals surface area contributed by atoms with Crippen molar-refractivity contribution in [1.29, 1.82) is 0 Å². The van der Waals surface area contributed by atoms with Gasteiger partial charge in [0.25, 0.3) is 0 Å². The molecule has 17 heavy (non-hydrogen) atoms. The van der Waals surface area contributed by atoms with E-state index in [0.29, 0.717) is 12.5 Å². The van der Waals surface area contributed by atoms with Gasteiger partial charge in [0.15, 0.2) is 0 Å². The van der Waals surface area contributed by atoms with Crippen molar-refractivity contribution >= 4 is 17.3 Å². The van der Waals surface area contributed by atoms with Crippen molar-refractivity contribution in [1.82, 2.24) is 10.7 Å². The van der Waals surface area contributed by atoms with E-state index in [1.165, 1.54) is 5.56 Å². The van der Waals surface area contributed by atoms with Gasteiger partial charge in [-0.25, -0.2) is 5.84 Å². The lowest BCUT2D eigenvalue weighted by atomic mass is 10.2. The summed E-state index contributed by atoms with van der Waals surface area (Å²) in [4.78, 5) is 4.29. The molecule has 0 aliphatic rings. The summed E-state index contributed by atoms with van der Waals surface area (Å²) in [6, 6.07) is 2.12. The zero-order valence-electron chi connectivity index (χ0n) is 10.1. The Kier molecular flexibility index (Phi) is 7.37. The Labute approximate surface area is 106 Å². The van der Waals surface area contributed by atoms with E-state index in [-0.39, 0.29) is 0 Å². The van der Waals surface area contributed by atoms with Gasteiger partial charge in [-0.3, -0.25) is 10.4 Å². The highest BCUT2D eigenvalue weighted by molar-refractivity contribution is 7.07. The lowest BCUT2D eigenvalue weighted by Crippen LogP contribution is -2.42. The SMILES string of the molecule is COCCCN=C(NN)NCCc1ccsc1. The highest BCUT2D eigenvalue weighted by Gasteiger charge is 1.96. The minimum Gasteiger partial charge on any atom is -0.385 e. The number of hydrazine groups is 1. The average Bonchev–Trinajstić information content (AvgIpc) is 2.85. The van der Waals surface area contributed by atoms with Crippen molar-refractivity contribution in [2.24, 2.45) is 10.8 Å². The Morgan fingerprint density at radius 1 is 1.59 bits per heavy atom. The summed E-state index contributed by atoms with van der Waals surface area (Å²) in [6.45, 7) is 2.25. The lowest BCUT2D eigenvalue weighted by Gasteiger charge is -2.08. The molecule has 0 spiro atoms. The first kappa shape index (κ1) is 14.0. The van der Waals surface area contributed by atoms with Crippen molar-refractivity contribution in [2.45, 2.75) is 12.8 Å². The number of nitrogens with two attached hydrogens (primary N) is 1. The summed E-state index contributed by atoms with van der Waals surface area (Å²) in [5, 5.41) is 7.39. The molecule has 1 aromatic heterocycles. The highest BCUT2D eigenvalue weighted by atomic mass is 32.1. The molecule has 6 heteroatoms. The van der Waals surface area contributed by atoms with Crippen molar-refractivity contribution in [3.8, 4) is 0 Å². The van der Waals surface area contributed by atoms with Gasteiger partial charge in [0.05, 0.1) is 0 Å². The molecule has 5 nitrogen and oxygen atoms in total. The number of aliphatic imine (C=N–C) groups is 1. The molecule has 0 aliphatic heterocycles. The second-order valence-electron chi connectivity index (χ2n) is 3.53. The molecular formula is C11H20N4OS. The highest BCUT2D eigenvalue weighted by Crippen LogP contribution is 2.05. The number of thiophene rings is 1. The number of nitrogens with zero attached hydrogens (tertiary/aromatic N) is 1. The Morgan fingerprint density at radius 3 is 3.12 bits per heavy atom. The quantitative estimate of drug-likeness (QED) is 0.221. The summed E-state index contributed by atoms with van der Waals surface area (Å²) in [5.74, 6) is 6.01. The minimum absolute atomic E-state index is 0.635. The molecule has 0 aliphatic carbocycles. The third-order valence-electron chi connectivity index (χ3n) is 2.20. The molecule has 4 N–H and O–H groups in total. The van der Waals surface area contributed by atoms with Crippen LogP contribution >= 0.6 is 11.3 Å². The van der Waals surface area contributed by atoms with Gasteiger partial charge in [-0.15, -0.1) is 0 Å². The molecule has 1 rings (SSSR count). The number of rotatable bonds is 7. The summed E-state index contributed by atoms with van der Waals surface area (Å²) < 4.78 is 4.95. The van der Waals surface area contributed by atoms with Crippen LogP contribution in [0.5, 0.6) is 0 Å². The van der Waals surface area contributed by atoms with Crippen molar-refractivity contribution in [3.63, 3.8) is 0 Å². The fourth-order valence-electron chi connectivity index (χ4n) is 1.31. The standard InChI is InChI=1S/C11H20N4OS/c1-16-7-2-5-13-11(15-12)14-6-3-10-4-8-17-9-10/h4,8-9H,2-3,5-7,12H2,1H3,(H2,13,14,15). The normalized spacial score (nSPS) is 11.5. The van der Waals surface area contributed by atoms with E-state index in [0.717, 1.165) is 26.0 Å². The predicted molar refractivity (Wildman–Crippen MR) is 72.1 cm³/mol. The summed E-state index contributed by atoms with van der Waals surface area (Å²) in [5.41, 5.74) is 3.89. The molecule has 0 bridgehead atoms. The van der Waals surface area contributed by atoms with Crippen LogP contribution in [0.3, 0.4) is 0 Å². The largest absolute Gasteiger partial charge is 0.385 e. The van der Waals surface area contributed by atoms with Crippen LogP contribution in [0.2, 0.25) is 0 Å². The molecule has 1 aromatic rings. The molecule has 96 valence electrons. The molecule has 0 radical (unpaired) electrons. The Balaban J connectivity index is 2.17. The van der Waals surface area contributed by atoms with Crippen molar-refractivity contribution in [3.05, 3.63) is 22.4 Å². The van der Waals surface area contributed by atoms with E-state index >= 15 is 0 Å². The van der Waals surface area contributed by atoms with Crippen LogP contribution in [0.1, 0.15) is 12.0 Å². The third-order valence-corrected chi connectivity index (χ3v) is 2.93. The summed E-state index contributed by atoms with van der Waals surface area (Å²) in [7, 11) is 1.69. The topological polar surface area (TPSA) is 71.7 Å². The van der Waals surface area contributed by atoms with Crippen LogP contribution in [0.15, 0.2) is 21.8 Å². The van der Waals surface area contributed by atoms with Gasteiger partial charge in [0.1, 0.15) is 0 Å². The molecule has 0 saturated carbocycles. The van der Waals surface area contributed by atoms with Crippen LogP contribution in [0, 0.1) is 0 Å². The van der Waals surface area contributed by atoms with Crippen molar-refractivity contribution < 1.29 is 4.74 Å². The van der Waals surface area contributed by atoms with E-state index in [1.807, 2.05) is 0 Å². The molecule has 0 amide bonds. The van der Waals surface area contributed by atoms with Gasteiger partial charge in [-0.2, -0.15) is 11.3 Å². The first-order chi connectivity index (χ1) is 8.36. The Morgan fingerprint density at radius 2 is 2.47 bits per heavy atom. The molecule has 0 unspecified atom stereocenters. The van der Waals surface area contributed by atoms with Crippen molar-refractivity contribution in [2.75, 3.05) is 26.8 Å². The predicted octanol–water partition coefficient (Wildman–Crippen LogP) is 0.736. The van der Waals surface area contributed by atoms with Gasteiger partial charge in [-0.05, 0) is 35.2 Å². The van der Waals surface area contributed by atoms with E-state index in [9.17, 15) is 0 Å². The van der Waals surface area contributed by atoms with Crippen LogP contribution in [-0.2, 0) is 11.2 Å². The first-order valence-electron chi connectivity index (χ1n) is 5.61. The number of methoxy groups -OCH3 is 1. The van der Waals surface area contributed by atoms with E-state index < -0.39 is 0 Å². The van der Waals surface area contributed by atoms with Crippen LogP contribution in [-0.4, -0.2) is 32.8 Å². The summed E-state index contributed by atoms with van der Waals surface area (Å²) >= 11 is 1.71. The van der Waals surface area contributed by atoms with Gasteiger partial charge in [-0.1, -0.05) is 0 Å². The van der Waals surface area contributed by atoms with Crippen LogP contribution in [0.25, 0.3) is 0 Å². The molecular weight excluding hydrogens is 236 g/mol. The number of guanidine groups is 1. The molecule has 0 saturated heterocycles. The summed E-state index contributed by atoms with van der Waals surface area (Å²) in [6.07, 6.45) is 1.87. The molecule has 0 aromatic carbocycles. The Hall–Kier alpha value is -1.11. The number of hydrogen-bond donors (Lipinski definition) is 3. The monoisotopic (exact) mass is 256 g/mol. The number of nitrogens with one attached hydrogen (secondary N) is 2. The molecule has 1 heterocycles. The first-order valence-corrected chi connectivity index (χ1v) is 6.56. The molecule has 0 atom stereocenters. The minimum atomic E-state index is 0.635. The van der Waals surface area contributed by atoms with Crippen LogP contribution in [0.4, 0.5) is 0 Å². The van der Waals surface area contributed by atoms with Gasteiger partial charge >= 0.3 is 0 Å². The smallest absolute Gasteiger partial charge is 0.205 e. The van der Waals surface area contributed by atoms with E-state index in [1.54, 1.807) is 18.4 Å². The number of ether oxygens (including phenoxy) is 1. The maximum Gasteiger partial charge on any atom is 0.205 e.